The fourth-order valence-corrected chi connectivity index (χ4v) is 2.01. The van der Waals surface area contributed by atoms with Crippen molar-refractivity contribution in [2.75, 3.05) is 5.32 Å². The molecule has 2 amide bonds. The van der Waals surface area contributed by atoms with Gasteiger partial charge in [0, 0.05) is 12.1 Å². The first-order valence-corrected chi connectivity index (χ1v) is 5.98. The fraction of sp³-hybridized carbons (Fsp3) is 0.250. The molecule has 0 aliphatic carbocycles. The topological polar surface area (TPSA) is 95.5 Å². The van der Waals surface area contributed by atoms with Crippen LogP contribution >= 0.6 is 11.6 Å². The zero-order valence-electron chi connectivity index (χ0n) is 9.77. The number of carbonyl (C=O) groups excluding carboxylic acids is 2. The van der Waals surface area contributed by atoms with Crippen molar-refractivity contribution >= 4 is 35.1 Å². The molecule has 1 saturated heterocycles. The van der Waals surface area contributed by atoms with Crippen molar-refractivity contribution in [2.45, 2.75) is 18.9 Å². The third-order valence-corrected chi connectivity index (χ3v) is 3.11. The van der Waals surface area contributed by atoms with Crippen molar-refractivity contribution in [1.82, 2.24) is 5.32 Å². The Kier molecular flexibility index (Phi) is 3.71. The number of amides is 2. The van der Waals surface area contributed by atoms with E-state index in [4.69, 9.17) is 16.7 Å². The molecule has 0 bridgehead atoms. The van der Waals surface area contributed by atoms with Crippen LogP contribution < -0.4 is 10.6 Å². The van der Waals surface area contributed by atoms with Gasteiger partial charge in [-0.05, 0) is 24.6 Å². The van der Waals surface area contributed by atoms with E-state index in [0.717, 1.165) is 0 Å². The Hall–Kier alpha value is -2.08. The lowest BCUT2D eigenvalue weighted by molar-refractivity contribution is -0.122. The molecule has 6 nitrogen and oxygen atoms in total. The number of hydrogen-bond acceptors (Lipinski definition) is 3. The monoisotopic (exact) mass is 282 g/mol. The third-order valence-electron chi connectivity index (χ3n) is 2.78. The maximum atomic E-state index is 11.8. The molecule has 0 aromatic heterocycles. The average molecular weight is 283 g/mol. The van der Waals surface area contributed by atoms with Gasteiger partial charge < -0.3 is 15.7 Å². The summed E-state index contributed by atoms with van der Waals surface area (Å²) in [5, 5.41) is 14.1. The van der Waals surface area contributed by atoms with Gasteiger partial charge in [0.2, 0.25) is 11.8 Å². The summed E-state index contributed by atoms with van der Waals surface area (Å²) in [7, 11) is 0. The number of carbonyl (C=O) groups is 3. The summed E-state index contributed by atoms with van der Waals surface area (Å²) >= 11 is 5.72. The number of nitrogens with one attached hydrogen (secondary N) is 2. The second kappa shape index (κ2) is 5.27. The van der Waals surface area contributed by atoms with Crippen molar-refractivity contribution in [3.05, 3.63) is 28.8 Å². The number of carboxylic acid groups (broad SMARTS) is 1. The van der Waals surface area contributed by atoms with Gasteiger partial charge in [-0.3, -0.25) is 9.59 Å². The lowest BCUT2D eigenvalue weighted by Crippen LogP contribution is -2.37. The molecular weight excluding hydrogens is 272 g/mol. The van der Waals surface area contributed by atoms with Gasteiger partial charge in [-0.25, -0.2) is 4.79 Å². The first kappa shape index (κ1) is 13.4. The van der Waals surface area contributed by atoms with Crippen LogP contribution in [-0.2, 0) is 9.59 Å². The van der Waals surface area contributed by atoms with Gasteiger partial charge in [-0.2, -0.15) is 0 Å². The van der Waals surface area contributed by atoms with Gasteiger partial charge in [0.1, 0.15) is 6.04 Å². The van der Waals surface area contributed by atoms with Crippen LogP contribution in [0, 0.1) is 0 Å². The fourth-order valence-electron chi connectivity index (χ4n) is 1.81. The summed E-state index contributed by atoms with van der Waals surface area (Å²) in [4.78, 5) is 33.7. The van der Waals surface area contributed by atoms with Crippen LogP contribution in [0.25, 0.3) is 0 Å². The van der Waals surface area contributed by atoms with Crippen LogP contribution in [-0.4, -0.2) is 28.9 Å². The Morgan fingerprint density at radius 2 is 2.16 bits per heavy atom. The summed E-state index contributed by atoms with van der Waals surface area (Å²) in [5.74, 6) is -1.71. The number of hydrogen-bond donors (Lipinski definition) is 3. The van der Waals surface area contributed by atoms with Gasteiger partial charge in [0.15, 0.2) is 0 Å². The van der Waals surface area contributed by atoms with Crippen LogP contribution in [0.15, 0.2) is 18.2 Å². The van der Waals surface area contributed by atoms with E-state index in [9.17, 15) is 14.4 Å². The zero-order valence-corrected chi connectivity index (χ0v) is 10.5. The number of aromatic carboxylic acids is 1. The van der Waals surface area contributed by atoms with Crippen LogP contribution in [0.3, 0.4) is 0 Å². The molecular formula is C12H11ClN2O4. The molecule has 100 valence electrons. The van der Waals surface area contributed by atoms with Gasteiger partial charge >= 0.3 is 5.97 Å². The Balaban J connectivity index is 2.11. The summed E-state index contributed by atoms with van der Waals surface area (Å²) in [5.41, 5.74) is 0.239. The lowest BCUT2D eigenvalue weighted by Gasteiger charge is -2.11. The molecule has 2 rings (SSSR count). The minimum Gasteiger partial charge on any atom is -0.478 e. The summed E-state index contributed by atoms with van der Waals surface area (Å²) in [6.07, 6.45) is 0.753. The molecule has 1 atom stereocenters. The predicted octanol–water partition coefficient (Wildman–Crippen LogP) is 1.26. The largest absolute Gasteiger partial charge is 0.478 e. The van der Waals surface area contributed by atoms with Gasteiger partial charge in [0.25, 0.3) is 0 Å². The molecule has 19 heavy (non-hydrogen) atoms. The Labute approximate surface area is 113 Å². The first-order chi connectivity index (χ1) is 8.97. The first-order valence-electron chi connectivity index (χ1n) is 5.60. The zero-order chi connectivity index (χ0) is 14.0. The van der Waals surface area contributed by atoms with E-state index >= 15 is 0 Å². The van der Waals surface area contributed by atoms with E-state index in [1.54, 1.807) is 0 Å². The molecule has 0 saturated carbocycles. The van der Waals surface area contributed by atoms with Crippen LogP contribution in [0.1, 0.15) is 23.2 Å². The highest BCUT2D eigenvalue weighted by molar-refractivity contribution is 6.33. The standard InChI is InChI=1S/C12H11ClN2O4/c13-8-2-1-6(5-7(8)12(18)19)14-11(17)9-3-4-10(16)15-9/h1-2,5,9H,3-4H2,(H,14,17)(H,15,16)(H,18,19)/t9-/m1/s1. The Bertz CT molecular complexity index is 559. The van der Waals surface area contributed by atoms with E-state index in [-0.39, 0.29) is 22.4 Å². The minimum atomic E-state index is -1.17. The molecule has 7 heteroatoms. The lowest BCUT2D eigenvalue weighted by atomic mass is 10.1. The quantitative estimate of drug-likeness (QED) is 0.777. The van der Waals surface area contributed by atoms with Gasteiger partial charge in [0.05, 0.1) is 10.6 Å². The second-order valence-corrected chi connectivity index (χ2v) is 4.56. The van der Waals surface area contributed by atoms with E-state index in [1.807, 2.05) is 0 Å². The summed E-state index contributed by atoms with van der Waals surface area (Å²) in [6, 6.07) is 3.60. The van der Waals surface area contributed by atoms with Crippen molar-refractivity contribution < 1.29 is 19.5 Å². The number of benzene rings is 1. The smallest absolute Gasteiger partial charge is 0.337 e. The molecule has 1 fully saturated rings. The molecule has 1 aliphatic rings. The molecule has 1 heterocycles. The number of rotatable bonds is 3. The van der Waals surface area contributed by atoms with Crippen molar-refractivity contribution in [2.24, 2.45) is 0 Å². The SMILES string of the molecule is O=C1CC[C@H](C(=O)Nc2ccc(Cl)c(C(=O)O)c2)N1. The minimum absolute atomic E-state index is 0.0880. The Morgan fingerprint density at radius 3 is 2.74 bits per heavy atom. The number of halogens is 1. The molecule has 0 unspecified atom stereocenters. The molecule has 0 radical (unpaired) electrons. The second-order valence-electron chi connectivity index (χ2n) is 4.15. The van der Waals surface area contributed by atoms with Gasteiger partial charge in [-0.1, -0.05) is 11.6 Å². The van der Waals surface area contributed by atoms with E-state index < -0.39 is 12.0 Å². The van der Waals surface area contributed by atoms with Crippen molar-refractivity contribution in [1.29, 1.82) is 0 Å². The Morgan fingerprint density at radius 1 is 1.42 bits per heavy atom. The highest BCUT2D eigenvalue weighted by atomic mass is 35.5. The third kappa shape index (κ3) is 3.03. The highest BCUT2D eigenvalue weighted by Gasteiger charge is 2.27. The predicted molar refractivity (Wildman–Crippen MR) is 68.2 cm³/mol. The van der Waals surface area contributed by atoms with Crippen molar-refractivity contribution in [3.63, 3.8) is 0 Å². The molecule has 3 N–H and O–H groups in total. The molecule has 1 aromatic carbocycles. The molecule has 1 aromatic rings. The molecule has 1 aliphatic heterocycles. The van der Waals surface area contributed by atoms with E-state index in [0.29, 0.717) is 18.5 Å². The number of anilines is 1. The maximum absolute atomic E-state index is 11.8. The number of carboxylic acids is 1. The van der Waals surface area contributed by atoms with Crippen molar-refractivity contribution in [3.8, 4) is 0 Å². The molecule has 0 spiro atoms. The summed E-state index contributed by atoms with van der Waals surface area (Å²) in [6.45, 7) is 0. The van der Waals surface area contributed by atoms with Crippen LogP contribution in [0.4, 0.5) is 5.69 Å². The van der Waals surface area contributed by atoms with Gasteiger partial charge in [-0.15, -0.1) is 0 Å². The van der Waals surface area contributed by atoms with Crippen LogP contribution in [0.2, 0.25) is 5.02 Å². The normalized spacial score (nSPS) is 17.9. The van der Waals surface area contributed by atoms with Crippen LogP contribution in [0.5, 0.6) is 0 Å². The summed E-state index contributed by atoms with van der Waals surface area (Å²) < 4.78 is 0. The van der Waals surface area contributed by atoms with E-state index in [2.05, 4.69) is 10.6 Å². The van der Waals surface area contributed by atoms with E-state index in [1.165, 1.54) is 18.2 Å². The maximum Gasteiger partial charge on any atom is 0.337 e. The highest BCUT2D eigenvalue weighted by Crippen LogP contribution is 2.21. The average Bonchev–Trinajstić information content (AvgIpc) is 2.78.